The van der Waals surface area contributed by atoms with Gasteiger partial charge in [0, 0.05) is 0 Å². The molecule has 0 fully saturated rings. The maximum absolute atomic E-state index is 8.79. The van der Waals surface area contributed by atoms with Crippen LogP contribution in [-0.2, 0) is 0 Å². The van der Waals surface area contributed by atoms with Crippen molar-refractivity contribution in [1.29, 1.82) is 0 Å². The van der Waals surface area contributed by atoms with Gasteiger partial charge in [-0.3, -0.25) is 0 Å². The zero-order chi connectivity index (χ0) is 5.70. The molecule has 0 rings (SSSR count). The van der Waals surface area contributed by atoms with Gasteiger partial charge in [-0.1, -0.05) is 0 Å². The molecule has 2 heteroatoms. The molecular weight excluding hydrogens is 285 g/mol. The molecule has 0 spiro atoms. The number of aliphatic hydroxyl groups is 1. The minimum atomic E-state index is -0.204. The van der Waals surface area contributed by atoms with Crippen LogP contribution in [0.1, 0.15) is 13.3 Å². The van der Waals surface area contributed by atoms with Crippen LogP contribution < -0.4 is 0 Å². The summed E-state index contributed by atoms with van der Waals surface area (Å²) in [4.78, 5) is 0. The molecule has 0 saturated heterocycles. The quantitative estimate of drug-likeness (QED) is 0.770. The molecule has 0 aromatic carbocycles. The van der Waals surface area contributed by atoms with Crippen molar-refractivity contribution in [2.45, 2.75) is 19.4 Å². The van der Waals surface area contributed by atoms with Crippen LogP contribution in [-0.4, -0.2) is 36.3 Å². The van der Waals surface area contributed by atoms with Crippen LogP contribution in [0, 0.1) is 0 Å². The molecule has 0 bridgehead atoms. The monoisotopic (exact) mass is 295 g/mol. The van der Waals surface area contributed by atoms with Gasteiger partial charge < -0.3 is 0 Å². The Morgan fingerprint density at radius 3 is 2.57 bits per heavy atom. The summed E-state index contributed by atoms with van der Waals surface area (Å²) >= 11 is 1.22. The standard InChI is InChI=1S/C5H9O.Po.H/c1-3-5(6)4-2;;/h1,3,5-6H,4H2,2H3;;. The Balaban J connectivity index is 3.16. The normalized spacial score (nSPS) is 15.3. The fourth-order valence-electron chi connectivity index (χ4n) is 0.235. The first-order valence-electron chi connectivity index (χ1n) is 2.30. The summed E-state index contributed by atoms with van der Waals surface area (Å²) < 4.78 is 1.97. The van der Waals surface area contributed by atoms with E-state index in [9.17, 15) is 0 Å². The molecule has 0 radical (unpaired) electrons. The first kappa shape index (κ1) is 7.60. The van der Waals surface area contributed by atoms with E-state index in [4.69, 9.17) is 5.11 Å². The van der Waals surface area contributed by atoms with Crippen LogP contribution in [0.3, 0.4) is 0 Å². The zero-order valence-corrected chi connectivity index (χ0v) is 7.81. The zero-order valence-electron chi connectivity index (χ0n) is 4.33. The van der Waals surface area contributed by atoms with Crippen LogP contribution in [0.4, 0.5) is 0 Å². The van der Waals surface area contributed by atoms with E-state index in [0.29, 0.717) is 0 Å². The van der Waals surface area contributed by atoms with Crippen LogP contribution >= 0.6 is 0 Å². The van der Waals surface area contributed by atoms with Crippen molar-refractivity contribution in [1.82, 2.24) is 0 Å². The van der Waals surface area contributed by atoms with Crippen LogP contribution in [0.15, 0.2) is 9.81 Å². The van der Waals surface area contributed by atoms with Crippen molar-refractivity contribution < 1.29 is 5.11 Å². The van der Waals surface area contributed by atoms with Gasteiger partial charge >= 0.3 is 59.4 Å². The first-order valence-corrected chi connectivity index (χ1v) is 4.31. The summed E-state index contributed by atoms with van der Waals surface area (Å²) in [5, 5.41) is 8.79. The molecule has 1 atom stereocenters. The third kappa shape index (κ3) is 4.45. The van der Waals surface area contributed by atoms with Gasteiger partial charge in [0.1, 0.15) is 0 Å². The van der Waals surface area contributed by atoms with Crippen molar-refractivity contribution in [3.63, 3.8) is 0 Å². The summed E-state index contributed by atoms with van der Waals surface area (Å²) in [5.74, 6) is 0. The van der Waals surface area contributed by atoms with Gasteiger partial charge in [0.25, 0.3) is 0 Å². The fraction of sp³-hybridized carbons (Fsp3) is 0.600. The second-order valence-corrected chi connectivity index (χ2v) is 2.48. The van der Waals surface area contributed by atoms with E-state index in [2.05, 4.69) is 0 Å². The van der Waals surface area contributed by atoms with Gasteiger partial charge in [-0.2, -0.15) is 0 Å². The molecule has 1 nitrogen and oxygen atoms in total. The second kappa shape index (κ2) is 4.75. The Kier molecular flexibility index (Phi) is 5.15. The predicted octanol–water partition coefficient (Wildman–Crippen LogP) is 0.172. The minimum absolute atomic E-state index is 0.204. The first-order chi connectivity index (χ1) is 3.31. The Labute approximate surface area is 59.6 Å². The molecule has 0 amide bonds. The summed E-state index contributed by atoms with van der Waals surface area (Å²) in [5.41, 5.74) is 0. The van der Waals surface area contributed by atoms with Gasteiger partial charge in [0.15, 0.2) is 0 Å². The van der Waals surface area contributed by atoms with Gasteiger partial charge in [0.05, 0.1) is 0 Å². The number of rotatable bonds is 2. The van der Waals surface area contributed by atoms with E-state index >= 15 is 0 Å². The molecule has 0 aliphatic carbocycles. The van der Waals surface area contributed by atoms with Gasteiger partial charge in [-0.15, -0.1) is 0 Å². The Bertz CT molecular complexity index is 61.1. The van der Waals surface area contributed by atoms with Crippen molar-refractivity contribution in [2.75, 3.05) is 0 Å². The number of hydrogen-bond donors (Lipinski definition) is 1. The van der Waals surface area contributed by atoms with Crippen LogP contribution in [0.25, 0.3) is 0 Å². The Morgan fingerprint density at radius 2 is 2.43 bits per heavy atom. The summed E-state index contributed by atoms with van der Waals surface area (Å²) in [6, 6.07) is 0. The molecule has 1 unspecified atom stereocenters. The van der Waals surface area contributed by atoms with E-state index in [1.54, 1.807) is 0 Å². The van der Waals surface area contributed by atoms with Gasteiger partial charge in [-0.05, 0) is 0 Å². The topological polar surface area (TPSA) is 20.2 Å². The molecular formula is C5H10OPo. The van der Waals surface area contributed by atoms with Crippen LogP contribution in [0.2, 0.25) is 0 Å². The van der Waals surface area contributed by atoms with Gasteiger partial charge in [0.2, 0.25) is 0 Å². The van der Waals surface area contributed by atoms with Crippen molar-refractivity contribution in [3.05, 3.63) is 9.81 Å². The van der Waals surface area contributed by atoms with E-state index < -0.39 is 0 Å². The third-order valence-electron chi connectivity index (χ3n) is 0.726. The van der Waals surface area contributed by atoms with Crippen LogP contribution in [0.5, 0.6) is 0 Å². The van der Waals surface area contributed by atoms with E-state index in [1.807, 2.05) is 16.7 Å². The average molecular weight is 295 g/mol. The Morgan fingerprint density at radius 1 is 1.86 bits per heavy atom. The second-order valence-electron chi connectivity index (χ2n) is 1.32. The number of hydrogen-bond acceptors (Lipinski definition) is 1. The summed E-state index contributed by atoms with van der Waals surface area (Å²) in [6.45, 7) is 1.96. The molecule has 7 heavy (non-hydrogen) atoms. The molecule has 0 aliphatic rings. The van der Waals surface area contributed by atoms with E-state index in [1.165, 1.54) is 25.1 Å². The third-order valence-corrected chi connectivity index (χ3v) is 1.40. The molecule has 42 valence electrons. The fourth-order valence-corrected chi connectivity index (χ4v) is 1.01. The summed E-state index contributed by atoms with van der Waals surface area (Å²) in [6.07, 6.45) is 2.45. The molecule has 0 aliphatic heterocycles. The SMILES string of the molecule is CCC(O)C=[CH][PoH]. The summed E-state index contributed by atoms with van der Waals surface area (Å²) in [7, 11) is 0. The number of aliphatic hydroxyl groups excluding tert-OH is 1. The molecule has 0 heterocycles. The van der Waals surface area contributed by atoms with Gasteiger partial charge in [-0.25, -0.2) is 0 Å². The Hall–Kier alpha value is 0.596. The van der Waals surface area contributed by atoms with E-state index in [-0.39, 0.29) is 6.10 Å². The van der Waals surface area contributed by atoms with E-state index in [0.717, 1.165) is 6.42 Å². The average Bonchev–Trinajstić information content (AvgIpc) is 1.68. The molecule has 0 aromatic rings. The molecule has 0 saturated carbocycles. The van der Waals surface area contributed by atoms with Crippen molar-refractivity contribution in [3.8, 4) is 0 Å². The molecule has 0 aromatic heterocycles. The maximum atomic E-state index is 8.79. The predicted molar refractivity (Wildman–Crippen MR) is 32.6 cm³/mol. The van der Waals surface area contributed by atoms with Crippen molar-refractivity contribution in [2.24, 2.45) is 0 Å². The van der Waals surface area contributed by atoms with Crippen molar-refractivity contribution >= 4 is 25.1 Å². The molecule has 1 N–H and O–H groups in total.